The number of hydrogen-bond acceptors (Lipinski definition) is 4. The first-order valence-corrected chi connectivity index (χ1v) is 7.57. The van der Waals surface area contributed by atoms with Gasteiger partial charge in [-0.2, -0.15) is 0 Å². The van der Waals surface area contributed by atoms with Crippen molar-refractivity contribution in [3.8, 4) is 0 Å². The molecule has 1 aliphatic heterocycles. The van der Waals surface area contributed by atoms with Gasteiger partial charge in [-0.05, 0) is 17.7 Å². The van der Waals surface area contributed by atoms with E-state index in [0.717, 1.165) is 0 Å². The van der Waals surface area contributed by atoms with Crippen LogP contribution in [0.4, 0.5) is 4.39 Å². The highest BCUT2D eigenvalue weighted by molar-refractivity contribution is 5.91. The van der Waals surface area contributed by atoms with Gasteiger partial charge in [-0.25, -0.2) is 4.39 Å². The van der Waals surface area contributed by atoms with Crippen molar-refractivity contribution >= 4 is 17.7 Å². The van der Waals surface area contributed by atoms with Crippen LogP contribution in [0, 0.1) is 5.82 Å². The Morgan fingerprint density at radius 2 is 2.00 bits per heavy atom. The maximum Gasteiger partial charge on any atom is 0.243 e. The van der Waals surface area contributed by atoms with Crippen molar-refractivity contribution in [3.63, 3.8) is 0 Å². The molecule has 1 aromatic carbocycles. The molecule has 1 heterocycles. The number of hydrogen-bond donors (Lipinski definition) is 3. The predicted octanol–water partition coefficient (Wildman–Crippen LogP) is -0.680. The molecular formula is C16H20FN3O4. The number of primary amides is 1. The number of aliphatic hydroxyl groups is 1. The highest BCUT2D eigenvalue weighted by Crippen LogP contribution is 2.18. The zero-order valence-corrected chi connectivity index (χ0v) is 13.2. The van der Waals surface area contributed by atoms with Gasteiger partial charge in [0.05, 0.1) is 6.10 Å². The van der Waals surface area contributed by atoms with E-state index >= 15 is 0 Å². The lowest BCUT2D eigenvalue weighted by molar-refractivity contribution is -0.138. The summed E-state index contributed by atoms with van der Waals surface area (Å²) in [4.78, 5) is 36.8. The summed E-state index contributed by atoms with van der Waals surface area (Å²) >= 11 is 0. The first-order chi connectivity index (χ1) is 11.3. The smallest absolute Gasteiger partial charge is 0.243 e. The number of halogens is 1. The number of rotatable bonds is 5. The normalized spacial score (nSPS) is 21.4. The molecular weight excluding hydrogens is 317 g/mol. The van der Waals surface area contributed by atoms with Crippen LogP contribution in [-0.4, -0.2) is 52.5 Å². The Morgan fingerprint density at radius 3 is 2.54 bits per heavy atom. The first-order valence-electron chi connectivity index (χ1n) is 7.57. The van der Waals surface area contributed by atoms with E-state index in [1.165, 1.54) is 36.1 Å². The van der Waals surface area contributed by atoms with E-state index in [9.17, 15) is 23.9 Å². The molecule has 3 amide bonds. The summed E-state index contributed by atoms with van der Waals surface area (Å²) in [6, 6.07) is 3.67. The van der Waals surface area contributed by atoms with Crippen LogP contribution in [-0.2, 0) is 20.8 Å². The van der Waals surface area contributed by atoms with Crippen molar-refractivity contribution in [2.45, 2.75) is 38.0 Å². The summed E-state index contributed by atoms with van der Waals surface area (Å²) in [6.45, 7) is 1.38. The molecule has 3 atom stereocenters. The summed E-state index contributed by atoms with van der Waals surface area (Å²) < 4.78 is 12.9. The number of nitrogens with two attached hydrogens (primary N) is 1. The molecule has 0 unspecified atom stereocenters. The van der Waals surface area contributed by atoms with Crippen molar-refractivity contribution in [2.24, 2.45) is 5.73 Å². The van der Waals surface area contributed by atoms with E-state index < -0.39 is 35.8 Å². The third-order valence-corrected chi connectivity index (χ3v) is 4.00. The van der Waals surface area contributed by atoms with Gasteiger partial charge in [-0.1, -0.05) is 12.1 Å². The number of carbonyl (C=O) groups excluding carboxylic acids is 3. The molecule has 1 saturated heterocycles. The Morgan fingerprint density at radius 1 is 1.38 bits per heavy atom. The average Bonchev–Trinajstić information content (AvgIpc) is 2.91. The summed E-state index contributed by atoms with van der Waals surface area (Å²) in [5, 5.41) is 12.2. The monoisotopic (exact) mass is 337 g/mol. The summed E-state index contributed by atoms with van der Waals surface area (Å²) in [7, 11) is 0. The summed E-state index contributed by atoms with van der Waals surface area (Å²) in [5.74, 6) is -2.02. The fourth-order valence-corrected chi connectivity index (χ4v) is 2.76. The minimum atomic E-state index is -0.991. The van der Waals surface area contributed by atoms with Gasteiger partial charge >= 0.3 is 0 Å². The molecule has 24 heavy (non-hydrogen) atoms. The quantitative estimate of drug-likeness (QED) is 0.661. The van der Waals surface area contributed by atoms with E-state index in [1.807, 2.05) is 0 Å². The number of carbonyl (C=O) groups is 3. The predicted molar refractivity (Wildman–Crippen MR) is 83.0 cm³/mol. The van der Waals surface area contributed by atoms with E-state index in [2.05, 4.69) is 5.32 Å². The molecule has 0 radical (unpaired) electrons. The third kappa shape index (κ3) is 4.29. The third-order valence-electron chi connectivity index (χ3n) is 4.00. The van der Waals surface area contributed by atoms with Gasteiger partial charge in [0, 0.05) is 26.3 Å². The van der Waals surface area contributed by atoms with Crippen LogP contribution in [0.5, 0.6) is 0 Å². The summed E-state index contributed by atoms with van der Waals surface area (Å²) in [6.07, 6.45) is -0.571. The van der Waals surface area contributed by atoms with Crippen molar-refractivity contribution in [1.29, 1.82) is 0 Å². The maximum atomic E-state index is 12.9. The molecule has 0 aliphatic carbocycles. The van der Waals surface area contributed by atoms with Crippen LogP contribution in [0.25, 0.3) is 0 Å². The fourth-order valence-electron chi connectivity index (χ4n) is 2.76. The van der Waals surface area contributed by atoms with Crippen molar-refractivity contribution in [2.75, 3.05) is 6.54 Å². The Hall–Kier alpha value is -2.48. The van der Waals surface area contributed by atoms with Crippen molar-refractivity contribution in [1.82, 2.24) is 10.2 Å². The van der Waals surface area contributed by atoms with Crippen LogP contribution in [0.3, 0.4) is 0 Å². The van der Waals surface area contributed by atoms with Crippen LogP contribution >= 0.6 is 0 Å². The minimum Gasteiger partial charge on any atom is -0.391 e. The van der Waals surface area contributed by atoms with Crippen molar-refractivity contribution in [3.05, 3.63) is 35.6 Å². The summed E-state index contributed by atoms with van der Waals surface area (Å²) in [5.41, 5.74) is 5.96. The second-order valence-electron chi connectivity index (χ2n) is 5.87. The minimum absolute atomic E-state index is 0.0760. The molecule has 0 spiro atoms. The molecule has 0 saturated carbocycles. The zero-order valence-electron chi connectivity index (χ0n) is 13.2. The second kappa shape index (κ2) is 7.39. The number of benzene rings is 1. The molecule has 0 bridgehead atoms. The Bertz CT molecular complexity index is 635. The molecule has 2 rings (SSSR count). The largest absolute Gasteiger partial charge is 0.391 e. The van der Waals surface area contributed by atoms with Gasteiger partial charge in [-0.3, -0.25) is 14.4 Å². The number of likely N-dealkylation sites (tertiary alicyclic amines) is 1. The van der Waals surface area contributed by atoms with Gasteiger partial charge in [-0.15, -0.1) is 0 Å². The fraction of sp³-hybridized carbons (Fsp3) is 0.438. The lowest BCUT2D eigenvalue weighted by Crippen LogP contribution is -2.52. The average molecular weight is 337 g/mol. The molecule has 1 aromatic rings. The van der Waals surface area contributed by atoms with Crippen LogP contribution in [0.15, 0.2) is 24.3 Å². The van der Waals surface area contributed by atoms with Gasteiger partial charge in [0.2, 0.25) is 17.7 Å². The Labute approximate surface area is 138 Å². The second-order valence-corrected chi connectivity index (χ2v) is 5.87. The zero-order chi connectivity index (χ0) is 17.9. The standard InChI is InChI=1S/C16H20FN3O4/c1-9(21)20-8-12(22)7-14(20)16(24)19-13(15(18)23)6-10-2-4-11(17)5-3-10/h2-5,12-14,22H,6-8H2,1H3,(H2,18,23)(H,19,24)/t12-,13-,14+/m1/s1. The number of β-amino-alcohol motifs (C(OH)–C–C–N with tert-alkyl or cyclic N) is 1. The Balaban J connectivity index is 2.06. The Kier molecular flexibility index (Phi) is 5.50. The SMILES string of the molecule is CC(=O)N1C[C@H](O)C[C@H]1C(=O)N[C@H](Cc1ccc(F)cc1)C(N)=O. The van der Waals surface area contributed by atoms with Crippen LogP contribution in [0.1, 0.15) is 18.9 Å². The molecule has 1 fully saturated rings. The van der Waals surface area contributed by atoms with Gasteiger partial charge in [0.25, 0.3) is 0 Å². The maximum absolute atomic E-state index is 12.9. The molecule has 4 N–H and O–H groups in total. The van der Waals surface area contributed by atoms with Crippen LogP contribution in [0.2, 0.25) is 0 Å². The van der Waals surface area contributed by atoms with E-state index in [-0.39, 0.29) is 25.3 Å². The van der Waals surface area contributed by atoms with Crippen molar-refractivity contribution < 1.29 is 23.9 Å². The first kappa shape index (κ1) is 17.9. The van der Waals surface area contributed by atoms with Gasteiger partial charge in [0.15, 0.2) is 0 Å². The number of nitrogens with zero attached hydrogens (tertiary/aromatic N) is 1. The number of aliphatic hydroxyl groups excluding tert-OH is 1. The topological polar surface area (TPSA) is 113 Å². The van der Waals surface area contributed by atoms with E-state index in [0.29, 0.717) is 5.56 Å². The highest BCUT2D eigenvalue weighted by Gasteiger charge is 2.38. The molecule has 130 valence electrons. The van der Waals surface area contributed by atoms with Crippen LogP contribution < -0.4 is 11.1 Å². The molecule has 8 heteroatoms. The molecule has 7 nitrogen and oxygen atoms in total. The van der Waals surface area contributed by atoms with Gasteiger partial charge in [0.1, 0.15) is 17.9 Å². The number of amides is 3. The lowest BCUT2D eigenvalue weighted by atomic mass is 10.0. The lowest BCUT2D eigenvalue weighted by Gasteiger charge is -2.24. The van der Waals surface area contributed by atoms with E-state index in [4.69, 9.17) is 5.73 Å². The highest BCUT2D eigenvalue weighted by atomic mass is 19.1. The number of nitrogens with one attached hydrogen (secondary N) is 1. The van der Waals surface area contributed by atoms with Gasteiger partial charge < -0.3 is 21.1 Å². The molecule has 0 aromatic heterocycles. The molecule has 1 aliphatic rings. The van der Waals surface area contributed by atoms with E-state index in [1.54, 1.807) is 0 Å².